The molecule has 47 heavy (non-hydrogen) atoms. The number of urea groups is 1. The molecule has 4 aliphatic heterocycles. The number of anilines is 1. The van der Waals surface area contributed by atoms with Crippen LogP contribution in [0.1, 0.15) is 42.4 Å². The first kappa shape index (κ1) is 31.4. The molecule has 3 aromatic rings. The first-order valence-corrected chi connectivity index (χ1v) is 17.1. The third-order valence-corrected chi connectivity index (χ3v) is 10.4. The fourth-order valence-corrected chi connectivity index (χ4v) is 7.68. The van der Waals surface area contributed by atoms with E-state index >= 15 is 0 Å². The Morgan fingerprint density at radius 2 is 1.70 bits per heavy atom. The van der Waals surface area contributed by atoms with Gasteiger partial charge in [-0.05, 0) is 80.9 Å². The number of benzene rings is 2. The second kappa shape index (κ2) is 13.9. The minimum Gasteiger partial charge on any atom is -0.436 e. The quantitative estimate of drug-likeness (QED) is 0.373. The number of piperidine rings is 2. The van der Waals surface area contributed by atoms with Crippen molar-refractivity contribution < 1.29 is 19.1 Å². The first-order chi connectivity index (χ1) is 22.9. The summed E-state index contributed by atoms with van der Waals surface area (Å²) in [5.41, 5.74) is 5.41. The Balaban J connectivity index is 1.00. The van der Waals surface area contributed by atoms with Crippen LogP contribution in [0.3, 0.4) is 0 Å². The topological polar surface area (TPSA) is 139 Å². The number of aromatic nitrogens is 3. The first-order valence-electron chi connectivity index (χ1n) is 17.1. The summed E-state index contributed by atoms with van der Waals surface area (Å²) in [5, 5.41) is 17.5. The highest BCUT2D eigenvalue weighted by atomic mass is 16.6. The Hall–Kier alpha value is -4.23. The lowest BCUT2D eigenvalue weighted by molar-refractivity contribution is -0.143. The smallest absolute Gasteiger partial charge is 0.410 e. The number of para-hydroxylation sites is 1. The number of carbonyl (C=O) groups excluding carboxylic acids is 3. The van der Waals surface area contributed by atoms with Crippen molar-refractivity contribution in [3.63, 3.8) is 0 Å². The van der Waals surface area contributed by atoms with Crippen molar-refractivity contribution in [1.29, 1.82) is 0 Å². The zero-order chi connectivity index (χ0) is 32.3. The van der Waals surface area contributed by atoms with Crippen LogP contribution in [0.5, 0.6) is 0 Å². The van der Waals surface area contributed by atoms with E-state index in [0.29, 0.717) is 51.6 Å². The van der Waals surface area contributed by atoms with Gasteiger partial charge in [0.15, 0.2) is 6.10 Å². The van der Waals surface area contributed by atoms with Gasteiger partial charge in [0.2, 0.25) is 0 Å². The van der Waals surface area contributed by atoms with Crippen LogP contribution in [0.4, 0.5) is 15.3 Å². The monoisotopic (exact) mass is 643 g/mol. The van der Waals surface area contributed by atoms with Gasteiger partial charge in [-0.3, -0.25) is 14.8 Å². The zero-order valence-electron chi connectivity index (χ0n) is 27.1. The summed E-state index contributed by atoms with van der Waals surface area (Å²) in [6.07, 6.45) is 3.16. The van der Waals surface area contributed by atoms with Crippen molar-refractivity contribution in [3.8, 4) is 0 Å². The molecule has 4 amide bonds. The molecule has 3 saturated heterocycles. The Morgan fingerprint density at radius 3 is 2.49 bits per heavy atom. The van der Waals surface area contributed by atoms with Crippen molar-refractivity contribution in [3.05, 3.63) is 53.1 Å². The Morgan fingerprint density at radius 1 is 0.936 bits per heavy atom. The van der Waals surface area contributed by atoms with E-state index in [-0.39, 0.29) is 24.4 Å². The molecule has 0 saturated carbocycles. The van der Waals surface area contributed by atoms with Crippen molar-refractivity contribution in [1.82, 2.24) is 40.3 Å². The van der Waals surface area contributed by atoms with E-state index in [2.05, 4.69) is 37.0 Å². The summed E-state index contributed by atoms with van der Waals surface area (Å²) in [7, 11) is 0. The molecule has 0 aliphatic carbocycles. The van der Waals surface area contributed by atoms with Gasteiger partial charge in [0.1, 0.15) is 5.52 Å². The molecular weight excluding hydrogens is 598 g/mol. The molecule has 13 nitrogen and oxygen atoms in total. The highest BCUT2D eigenvalue weighted by Crippen LogP contribution is 2.26. The van der Waals surface area contributed by atoms with Crippen LogP contribution >= 0.6 is 0 Å². The van der Waals surface area contributed by atoms with E-state index < -0.39 is 12.2 Å². The van der Waals surface area contributed by atoms with E-state index in [1.807, 2.05) is 47.1 Å². The van der Waals surface area contributed by atoms with E-state index in [9.17, 15) is 14.4 Å². The fraction of sp³-hybridized carbons (Fsp3) is 0.559. The number of hydrogen-bond acceptors (Lipinski definition) is 8. The summed E-state index contributed by atoms with van der Waals surface area (Å²) in [4.78, 5) is 48.7. The second-order valence-electron chi connectivity index (χ2n) is 13.3. The number of ether oxygens (including phenoxy) is 1. The fourth-order valence-electron chi connectivity index (χ4n) is 7.68. The van der Waals surface area contributed by atoms with Crippen LogP contribution in [0.15, 0.2) is 36.4 Å². The van der Waals surface area contributed by atoms with E-state index in [1.165, 1.54) is 0 Å². The highest BCUT2D eigenvalue weighted by molar-refractivity contribution is 5.91. The number of rotatable bonds is 6. The third-order valence-electron chi connectivity index (χ3n) is 10.4. The lowest BCUT2D eigenvalue weighted by Crippen LogP contribution is -2.56. The van der Waals surface area contributed by atoms with Gasteiger partial charge in [-0.2, -0.15) is 0 Å². The molecule has 250 valence electrons. The summed E-state index contributed by atoms with van der Waals surface area (Å²) in [5.74, 6) is -0.156. The lowest BCUT2D eigenvalue weighted by Gasteiger charge is -2.41. The maximum absolute atomic E-state index is 14.0. The number of aromatic amines is 1. The molecule has 3 N–H and O–H groups in total. The Kier molecular flexibility index (Phi) is 9.25. The zero-order valence-corrected chi connectivity index (χ0v) is 27.1. The standard InChI is InChI=1S/C34H45N9O4/c1-23-20-24(21-29-31(23)38-39-37-29)22-30(32(44)41-18-16-40(17-19-41)26-6-11-35-12-7-26)47-34(46)42-13-9-27(10-14-42)43-15-8-25-4-2-3-5-28(25)36-33(43)45/h2-5,20-21,26-27,30,35H,6-19,22H2,1H3,(H,36,45)(H,37,38,39). The minimum absolute atomic E-state index is 0.0270. The van der Waals surface area contributed by atoms with Crippen LogP contribution < -0.4 is 10.6 Å². The molecule has 4 aliphatic rings. The van der Waals surface area contributed by atoms with Crippen LogP contribution in [0.2, 0.25) is 0 Å². The highest BCUT2D eigenvalue weighted by Gasteiger charge is 2.36. The number of fused-ring (bicyclic) bond motifs is 2. The van der Waals surface area contributed by atoms with Crippen molar-refractivity contribution >= 4 is 34.8 Å². The van der Waals surface area contributed by atoms with Crippen LogP contribution in [-0.2, 0) is 22.4 Å². The summed E-state index contributed by atoms with van der Waals surface area (Å²) in [6, 6.07) is 12.3. The number of carbonyl (C=O) groups is 3. The molecule has 7 rings (SSSR count). The number of nitrogens with one attached hydrogen (secondary N) is 3. The Labute approximate surface area is 274 Å². The predicted octanol–water partition coefficient (Wildman–Crippen LogP) is 2.76. The molecule has 0 radical (unpaired) electrons. The predicted molar refractivity (Wildman–Crippen MR) is 177 cm³/mol. The molecule has 1 atom stereocenters. The minimum atomic E-state index is -0.954. The van der Waals surface area contributed by atoms with Gasteiger partial charge >= 0.3 is 12.1 Å². The van der Waals surface area contributed by atoms with Crippen LogP contribution in [0, 0.1) is 6.92 Å². The third kappa shape index (κ3) is 6.91. The number of H-pyrrole nitrogens is 1. The SMILES string of the molecule is Cc1cc(CC(OC(=O)N2CCC(N3CCc4ccccc4NC3=O)CC2)C(=O)N2CCN(C3CCNCC3)CC2)cc2nn[nH]c12. The van der Waals surface area contributed by atoms with Gasteiger partial charge in [-0.1, -0.05) is 29.5 Å². The van der Waals surface area contributed by atoms with Crippen LogP contribution in [-0.4, -0.2) is 130 Å². The maximum Gasteiger partial charge on any atom is 0.410 e. The summed E-state index contributed by atoms with van der Waals surface area (Å²) < 4.78 is 6.09. The number of nitrogens with zero attached hydrogens (tertiary/aromatic N) is 6. The van der Waals surface area contributed by atoms with Crippen molar-refractivity contribution in [2.75, 3.05) is 64.2 Å². The second-order valence-corrected chi connectivity index (χ2v) is 13.3. The lowest BCUT2D eigenvalue weighted by atomic mass is 10.0. The Bertz CT molecular complexity index is 1590. The van der Waals surface area contributed by atoms with Crippen molar-refractivity contribution in [2.45, 2.75) is 63.6 Å². The molecule has 5 heterocycles. The average molecular weight is 644 g/mol. The maximum atomic E-state index is 14.0. The van der Waals surface area contributed by atoms with Gasteiger partial charge in [0, 0.05) is 70.0 Å². The average Bonchev–Trinajstić information content (AvgIpc) is 3.52. The number of amides is 4. The van der Waals surface area contributed by atoms with Gasteiger partial charge < -0.3 is 30.1 Å². The summed E-state index contributed by atoms with van der Waals surface area (Å²) >= 11 is 0. The molecule has 0 spiro atoms. The van der Waals surface area contributed by atoms with Gasteiger partial charge in [0.25, 0.3) is 5.91 Å². The number of aryl methyl sites for hydroxylation is 1. The largest absolute Gasteiger partial charge is 0.436 e. The molecular formula is C34H45N9O4. The molecule has 1 unspecified atom stereocenters. The van der Waals surface area contributed by atoms with E-state index in [4.69, 9.17) is 4.74 Å². The molecule has 3 fully saturated rings. The van der Waals surface area contributed by atoms with E-state index in [0.717, 1.165) is 78.9 Å². The molecule has 13 heteroatoms. The van der Waals surface area contributed by atoms with E-state index in [1.54, 1.807) is 4.90 Å². The van der Waals surface area contributed by atoms with Gasteiger partial charge in [-0.25, -0.2) is 9.59 Å². The molecule has 2 aromatic carbocycles. The summed E-state index contributed by atoms with van der Waals surface area (Å²) in [6.45, 7) is 8.47. The number of likely N-dealkylation sites (tertiary alicyclic amines) is 1. The van der Waals surface area contributed by atoms with Gasteiger partial charge in [-0.15, -0.1) is 5.10 Å². The van der Waals surface area contributed by atoms with Gasteiger partial charge in [0.05, 0.1) is 5.52 Å². The number of hydrogen-bond donors (Lipinski definition) is 3. The normalized spacial score (nSPS) is 20.9. The van der Waals surface area contributed by atoms with Crippen LogP contribution in [0.25, 0.3) is 11.0 Å². The molecule has 1 aromatic heterocycles. The van der Waals surface area contributed by atoms with Crippen molar-refractivity contribution in [2.24, 2.45) is 0 Å². The number of piperazine rings is 1. The molecule has 0 bridgehead atoms.